The zero-order valence-corrected chi connectivity index (χ0v) is 10.8. The number of rotatable bonds is 2. The van der Waals surface area contributed by atoms with Gasteiger partial charge in [-0.05, 0) is 24.6 Å². The Labute approximate surface area is 108 Å². The highest BCUT2D eigenvalue weighted by molar-refractivity contribution is 5.43. The van der Waals surface area contributed by atoms with Crippen molar-refractivity contribution in [3.8, 4) is 5.75 Å². The van der Waals surface area contributed by atoms with Gasteiger partial charge in [0.2, 0.25) is 0 Å². The molecule has 0 aliphatic carbocycles. The van der Waals surface area contributed by atoms with E-state index in [-0.39, 0.29) is 5.41 Å². The second-order valence-electron chi connectivity index (χ2n) is 5.35. The molecule has 0 amide bonds. The van der Waals surface area contributed by atoms with Gasteiger partial charge in [0, 0.05) is 29.3 Å². The van der Waals surface area contributed by atoms with Crippen LogP contribution in [0.1, 0.15) is 23.7 Å². The molecule has 0 spiro atoms. The molecule has 1 aromatic heterocycles. The highest BCUT2D eigenvalue weighted by atomic mass is 16.5. The zero-order chi connectivity index (χ0) is 12.6. The molecule has 1 atom stereocenters. The minimum Gasteiger partial charge on any atom is -0.492 e. The van der Waals surface area contributed by atoms with Crippen molar-refractivity contribution in [2.24, 2.45) is 0 Å². The summed E-state index contributed by atoms with van der Waals surface area (Å²) in [6, 6.07) is 12.5. The second-order valence-corrected chi connectivity index (χ2v) is 5.35. The summed E-state index contributed by atoms with van der Waals surface area (Å²) < 4.78 is 5.78. The number of aromatic nitrogens is 1. The molecule has 0 saturated heterocycles. The van der Waals surface area contributed by atoms with Crippen molar-refractivity contribution < 1.29 is 4.74 Å². The zero-order valence-electron chi connectivity index (χ0n) is 10.8. The summed E-state index contributed by atoms with van der Waals surface area (Å²) in [5.74, 6) is 1.02. The molecule has 2 nitrogen and oxygen atoms in total. The quantitative estimate of drug-likeness (QED) is 0.802. The molecule has 2 heterocycles. The molecule has 0 saturated carbocycles. The Bertz CT molecular complexity index is 562. The van der Waals surface area contributed by atoms with Crippen LogP contribution in [0.2, 0.25) is 0 Å². The summed E-state index contributed by atoms with van der Waals surface area (Å²) in [5.41, 5.74) is 3.67. The number of fused-ring (bicyclic) bond motifs is 1. The van der Waals surface area contributed by atoms with Crippen LogP contribution in [-0.4, -0.2) is 11.6 Å². The molecular weight excluding hydrogens is 222 g/mol. The summed E-state index contributed by atoms with van der Waals surface area (Å²) in [6.07, 6.45) is 2.85. The summed E-state index contributed by atoms with van der Waals surface area (Å²) in [5, 5.41) is 0. The number of hydrogen-bond donors (Lipinski definition) is 0. The number of para-hydroxylation sites is 1. The Balaban J connectivity index is 1.91. The van der Waals surface area contributed by atoms with Crippen molar-refractivity contribution in [1.82, 2.24) is 4.98 Å². The van der Waals surface area contributed by atoms with Crippen LogP contribution in [0, 0.1) is 6.92 Å². The molecule has 1 aliphatic heterocycles. The lowest BCUT2D eigenvalue weighted by Gasteiger charge is -2.22. The van der Waals surface area contributed by atoms with Gasteiger partial charge in [0.05, 0.1) is 6.61 Å². The third-order valence-corrected chi connectivity index (χ3v) is 3.63. The average Bonchev–Trinajstić information content (AvgIpc) is 2.71. The number of hydrogen-bond acceptors (Lipinski definition) is 2. The molecule has 18 heavy (non-hydrogen) atoms. The van der Waals surface area contributed by atoms with E-state index in [0.717, 1.165) is 24.5 Å². The predicted molar refractivity (Wildman–Crippen MR) is 72.0 cm³/mol. The van der Waals surface area contributed by atoms with Crippen LogP contribution in [0.4, 0.5) is 0 Å². The van der Waals surface area contributed by atoms with Crippen molar-refractivity contribution >= 4 is 0 Å². The SMILES string of the molecule is Cc1ccc(C[C@]2(C)COc3ccccc32)nc1. The smallest absolute Gasteiger partial charge is 0.123 e. The summed E-state index contributed by atoms with van der Waals surface area (Å²) in [4.78, 5) is 4.50. The summed E-state index contributed by atoms with van der Waals surface area (Å²) in [6.45, 7) is 5.05. The van der Waals surface area contributed by atoms with Crippen LogP contribution >= 0.6 is 0 Å². The third-order valence-electron chi connectivity index (χ3n) is 3.63. The first-order valence-corrected chi connectivity index (χ1v) is 6.31. The van der Waals surface area contributed by atoms with Gasteiger partial charge in [-0.3, -0.25) is 4.98 Å². The van der Waals surface area contributed by atoms with Gasteiger partial charge in [-0.1, -0.05) is 31.2 Å². The van der Waals surface area contributed by atoms with E-state index in [1.54, 1.807) is 0 Å². The van der Waals surface area contributed by atoms with Gasteiger partial charge in [-0.2, -0.15) is 0 Å². The molecule has 0 unspecified atom stereocenters. The number of aryl methyl sites for hydroxylation is 1. The van der Waals surface area contributed by atoms with Crippen LogP contribution in [0.25, 0.3) is 0 Å². The lowest BCUT2D eigenvalue weighted by atomic mass is 9.80. The van der Waals surface area contributed by atoms with Gasteiger partial charge >= 0.3 is 0 Å². The van der Waals surface area contributed by atoms with Crippen molar-refractivity contribution in [2.45, 2.75) is 25.7 Å². The van der Waals surface area contributed by atoms with E-state index in [1.807, 2.05) is 18.3 Å². The summed E-state index contributed by atoms with van der Waals surface area (Å²) >= 11 is 0. The molecule has 2 heteroatoms. The molecule has 1 aliphatic rings. The number of pyridine rings is 1. The molecule has 1 aromatic carbocycles. The van der Waals surface area contributed by atoms with E-state index in [1.165, 1.54) is 11.1 Å². The number of benzene rings is 1. The van der Waals surface area contributed by atoms with Crippen LogP contribution in [0.3, 0.4) is 0 Å². The fraction of sp³-hybridized carbons (Fsp3) is 0.312. The first-order valence-electron chi connectivity index (χ1n) is 6.31. The highest BCUT2D eigenvalue weighted by Gasteiger charge is 2.36. The largest absolute Gasteiger partial charge is 0.492 e. The van der Waals surface area contributed by atoms with E-state index in [0.29, 0.717) is 0 Å². The first-order chi connectivity index (χ1) is 8.67. The van der Waals surface area contributed by atoms with Crippen LogP contribution in [0.5, 0.6) is 5.75 Å². The molecule has 0 N–H and O–H groups in total. The van der Waals surface area contributed by atoms with Crippen molar-refractivity contribution in [1.29, 1.82) is 0 Å². The fourth-order valence-corrected chi connectivity index (χ4v) is 2.55. The molecule has 3 rings (SSSR count). The predicted octanol–water partition coefficient (Wildman–Crippen LogP) is 3.28. The highest BCUT2D eigenvalue weighted by Crippen LogP contribution is 2.40. The lowest BCUT2D eigenvalue weighted by molar-refractivity contribution is 0.276. The van der Waals surface area contributed by atoms with Crippen molar-refractivity contribution in [3.05, 3.63) is 59.4 Å². The second kappa shape index (κ2) is 4.13. The van der Waals surface area contributed by atoms with Gasteiger partial charge in [-0.15, -0.1) is 0 Å². The molecule has 0 radical (unpaired) electrons. The van der Waals surface area contributed by atoms with Crippen molar-refractivity contribution in [2.75, 3.05) is 6.61 Å². The minimum absolute atomic E-state index is 0.0405. The third kappa shape index (κ3) is 1.88. The Morgan fingerprint density at radius 3 is 2.83 bits per heavy atom. The van der Waals surface area contributed by atoms with E-state index >= 15 is 0 Å². The van der Waals surface area contributed by atoms with Gasteiger partial charge in [0.1, 0.15) is 5.75 Å². The van der Waals surface area contributed by atoms with Crippen molar-refractivity contribution in [3.63, 3.8) is 0 Å². The Morgan fingerprint density at radius 1 is 1.22 bits per heavy atom. The maximum atomic E-state index is 5.78. The van der Waals surface area contributed by atoms with E-state index < -0.39 is 0 Å². The van der Waals surface area contributed by atoms with Crippen LogP contribution < -0.4 is 4.74 Å². The molecule has 0 fully saturated rings. The van der Waals surface area contributed by atoms with Crippen LogP contribution in [0.15, 0.2) is 42.6 Å². The van der Waals surface area contributed by atoms with Gasteiger partial charge in [0.15, 0.2) is 0 Å². The monoisotopic (exact) mass is 239 g/mol. The minimum atomic E-state index is 0.0405. The lowest BCUT2D eigenvalue weighted by Crippen LogP contribution is -2.27. The maximum Gasteiger partial charge on any atom is 0.123 e. The fourth-order valence-electron chi connectivity index (χ4n) is 2.55. The van der Waals surface area contributed by atoms with E-state index in [2.05, 4.69) is 43.1 Å². The topological polar surface area (TPSA) is 22.1 Å². The standard InChI is InChI=1S/C16H17NO/c1-12-7-8-13(17-10-12)9-16(2)11-18-15-6-4-3-5-14(15)16/h3-8,10H,9,11H2,1-2H3/t16-/m1/s1. The Hall–Kier alpha value is -1.83. The number of ether oxygens (including phenoxy) is 1. The Morgan fingerprint density at radius 2 is 2.06 bits per heavy atom. The van der Waals surface area contributed by atoms with E-state index in [9.17, 15) is 0 Å². The van der Waals surface area contributed by atoms with Gasteiger partial charge in [-0.25, -0.2) is 0 Å². The molecule has 92 valence electrons. The molecule has 2 aromatic rings. The average molecular weight is 239 g/mol. The normalized spacial score (nSPS) is 21.4. The van der Waals surface area contributed by atoms with Gasteiger partial charge in [0.25, 0.3) is 0 Å². The van der Waals surface area contributed by atoms with Crippen LogP contribution in [-0.2, 0) is 11.8 Å². The summed E-state index contributed by atoms with van der Waals surface area (Å²) in [7, 11) is 0. The maximum absolute atomic E-state index is 5.78. The van der Waals surface area contributed by atoms with Gasteiger partial charge < -0.3 is 4.74 Å². The number of nitrogens with zero attached hydrogens (tertiary/aromatic N) is 1. The molecular formula is C16H17NO. The first kappa shape index (κ1) is 11.3. The Kier molecular flexibility index (Phi) is 2.58. The molecule has 0 bridgehead atoms. The van der Waals surface area contributed by atoms with E-state index in [4.69, 9.17) is 4.74 Å².